The maximum Gasteiger partial charge on any atom is 0.203 e. The van der Waals surface area contributed by atoms with E-state index in [1.54, 1.807) is 7.11 Å². The van der Waals surface area contributed by atoms with E-state index in [0.29, 0.717) is 6.04 Å². The summed E-state index contributed by atoms with van der Waals surface area (Å²) >= 11 is 0. The van der Waals surface area contributed by atoms with Crippen LogP contribution < -0.4 is 5.32 Å². The molecule has 120 valence electrons. The van der Waals surface area contributed by atoms with Crippen molar-refractivity contribution < 1.29 is 4.74 Å². The summed E-state index contributed by atoms with van der Waals surface area (Å²) in [4.78, 5) is 7.21. The second-order valence-electron chi connectivity index (χ2n) is 5.96. The molecule has 0 aliphatic carbocycles. The molecular weight excluding hydrogens is 264 g/mol. The van der Waals surface area contributed by atoms with Gasteiger partial charge in [0, 0.05) is 45.6 Å². The molecule has 0 radical (unpaired) electrons. The number of hydrogen-bond acceptors (Lipinski definition) is 4. The normalized spacial score (nSPS) is 17.3. The molecule has 5 heteroatoms. The summed E-state index contributed by atoms with van der Waals surface area (Å²) in [5.41, 5.74) is 1.10. The topological polar surface area (TPSA) is 42.3 Å². The molecule has 1 aromatic heterocycles. The van der Waals surface area contributed by atoms with Crippen LogP contribution in [0, 0.1) is 6.92 Å². The standard InChI is InChI=1S/C16H30N4O/c1-4-9-19-10-6-15(7-11-19)20-13-14(2)18-16(20)17-8-5-12-21-3/h13,15H,4-12H2,1-3H3,(H,17,18). The summed E-state index contributed by atoms with van der Waals surface area (Å²) in [6.45, 7) is 9.69. The van der Waals surface area contributed by atoms with Gasteiger partial charge < -0.3 is 19.5 Å². The molecular formula is C16H30N4O. The molecule has 0 amide bonds. The Bertz CT molecular complexity index is 410. The molecule has 2 heterocycles. The van der Waals surface area contributed by atoms with Crippen LogP contribution in [0.2, 0.25) is 0 Å². The van der Waals surface area contributed by atoms with Gasteiger partial charge in [-0.15, -0.1) is 0 Å². The van der Waals surface area contributed by atoms with E-state index in [1.807, 2.05) is 0 Å². The second-order valence-corrected chi connectivity index (χ2v) is 5.96. The SMILES string of the molecule is CCCN1CCC(n2cc(C)nc2NCCCOC)CC1. The zero-order valence-corrected chi connectivity index (χ0v) is 13.8. The number of anilines is 1. The summed E-state index contributed by atoms with van der Waals surface area (Å²) < 4.78 is 7.45. The first kappa shape index (κ1) is 16.3. The first-order valence-electron chi connectivity index (χ1n) is 8.25. The Morgan fingerprint density at radius 3 is 2.81 bits per heavy atom. The average molecular weight is 294 g/mol. The molecule has 1 N–H and O–H groups in total. The molecule has 21 heavy (non-hydrogen) atoms. The van der Waals surface area contributed by atoms with Crippen molar-refractivity contribution in [1.29, 1.82) is 0 Å². The number of nitrogens with zero attached hydrogens (tertiary/aromatic N) is 3. The summed E-state index contributed by atoms with van der Waals surface area (Å²) in [7, 11) is 1.75. The maximum absolute atomic E-state index is 5.09. The number of likely N-dealkylation sites (tertiary alicyclic amines) is 1. The third-order valence-electron chi connectivity index (χ3n) is 4.15. The minimum absolute atomic E-state index is 0.587. The lowest BCUT2D eigenvalue weighted by atomic mass is 10.0. The second kappa shape index (κ2) is 8.39. The number of imidazole rings is 1. The van der Waals surface area contributed by atoms with Crippen LogP contribution in [-0.4, -0.2) is 54.3 Å². The first-order valence-corrected chi connectivity index (χ1v) is 8.25. The number of aryl methyl sites for hydroxylation is 1. The number of rotatable bonds is 8. The Hall–Kier alpha value is -1.07. The van der Waals surface area contributed by atoms with Crippen molar-refractivity contribution in [2.24, 2.45) is 0 Å². The molecule has 0 aromatic carbocycles. The Kier molecular flexibility index (Phi) is 6.51. The van der Waals surface area contributed by atoms with E-state index >= 15 is 0 Å². The van der Waals surface area contributed by atoms with Crippen LogP contribution in [0.5, 0.6) is 0 Å². The van der Waals surface area contributed by atoms with Crippen molar-refractivity contribution in [3.63, 3.8) is 0 Å². The summed E-state index contributed by atoms with van der Waals surface area (Å²) in [6, 6.07) is 0.587. The molecule has 2 rings (SSSR count). The van der Waals surface area contributed by atoms with Crippen LogP contribution in [0.3, 0.4) is 0 Å². The van der Waals surface area contributed by atoms with Crippen molar-refractivity contribution in [2.45, 2.75) is 45.6 Å². The zero-order valence-electron chi connectivity index (χ0n) is 13.8. The Morgan fingerprint density at radius 2 is 2.14 bits per heavy atom. The largest absolute Gasteiger partial charge is 0.385 e. The van der Waals surface area contributed by atoms with E-state index in [9.17, 15) is 0 Å². The fraction of sp³-hybridized carbons (Fsp3) is 0.812. The monoisotopic (exact) mass is 294 g/mol. The highest BCUT2D eigenvalue weighted by Gasteiger charge is 2.22. The maximum atomic E-state index is 5.09. The summed E-state index contributed by atoms with van der Waals surface area (Å²) in [5.74, 6) is 1.03. The van der Waals surface area contributed by atoms with Crippen molar-refractivity contribution >= 4 is 5.95 Å². The van der Waals surface area contributed by atoms with Gasteiger partial charge in [0.25, 0.3) is 0 Å². The average Bonchev–Trinajstić information content (AvgIpc) is 2.86. The van der Waals surface area contributed by atoms with Gasteiger partial charge in [-0.1, -0.05) is 6.92 Å². The van der Waals surface area contributed by atoms with Crippen LogP contribution in [0.25, 0.3) is 0 Å². The quantitative estimate of drug-likeness (QED) is 0.749. The van der Waals surface area contributed by atoms with Gasteiger partial charge in [0.05, 0.1) is 5.69 Å². The molecule has 0 unspecified atom stereocenters. The van der Waals surface area contributed by atoms with Gasteiger partial charge in [-0.2, -0.15) is 0 Å². The van der Waals surface area contributed by atoms with Crippen LogP contribution in [0.15, 0.2) is 6.20 Å². The zero-order chi connectivity index (χ0) is 15.1. The van der Waals surface area contributed by atoms with Crippen LogP contribution in [0.4, 0.5) is 5.95 Å². The lowest BCUT2D eigenvalue weighted by molar-refractivity contribution is 0.187. The van der Waals surface area contributed by atoms with E-state index in [-0.39, 0.29) is 0 Å². The highest BCUT2D eigenvalue weighted by molar-refractivity contribution is 5.29. The third-order valence-corrected chi connectivity index (χ3v) is 4.15. The summed E-state index contributed by atoms with van der Waals surface area (Å²) in [6.07, 6.45) is 6.91. The van der Waals surface area contributed by atoms with E-state index < -0.39 is 0 Å². The van der Waals surface area contributed by atoms with Gasteiger partial charge in [-0.3, -0.25) is 0 Å². The molecule has 1 aliphatic heterocycles. The summed E-state index contributed by atoms with van der Waals surface area (Å²) in [5, 5.41) is 3.46. The molecule has 1 aromatic rings. The van der Waals surface area contributed by atoms with E-state index in [0.717, 1.165) is 31.2 Å². The number of hydrogen-bond donors (Lipinski definition) is 1. The lowest BCUT2D eigenvalue weighted by Crippen LogP contribution is -2.35. The third kappa shape index (κ3) is 4.71. The Morgan fingerprint density at radius 1 is 1.38 bits per heavy atom. The molecule has 1 fully saturated rings. The molecule has 1 aliphatic rings. The fourth-order valence-electron chi connectivity index (χ4n) is 3.08. The first-order chi connectivity index (χ1) is 10.2. The predicted molar refractivity (Wildman–Crippen MR) is 86.9 cm³/mol. The van der Waals surface area contributed by atoms with E-state index in [2.05, 4.69) is 39.8 Å². The fourth-order valence-corrected chi connectivity index (χ4v) is 3.08. The predicted octanol–water partition coefficient (Wildman–Crippen LogP) is 2.69. The van der Waals surface area contributed by atoms with Gasteiger partial charge in [0.1, 0.15) is 0 Å². The van der Waals surface area contributed by atoms with E-state index in [1.165, 1.54) is 38.9 Å². The van der Waals surface area contributed by atoms with Crippen molar-refractivity contribution in [1.82, 2.24) is 14.5 Å². The van der Waals surface area contributed by atoms with Crippen molar-refractivity contribution in [3.05, 3.63) is 11.9 Å². The number of methoxy groups -OCH3 is 1. The molecule has 0 saturated carbocycles. The number of piperidine rings is 1. The smallest absolute Gasteiger partial charge is 0.203 e. The minimum atomic E-state index is 0.587. The highest BCUT2D eigenvalue weighted by atomic mass is 16.5. The van der Waals surface area contributed by atoms with Crippen molar-refractivity contribution in [3.8, 4) is 0 Å². The molecule has 0 spiro atoms. The van der Waals surface area contributed by atoms with Crippen molar-refractivity contribution in [2.75, 3.05) is 45.2 Å². The van der Waals surface area contributed by atoms with Crippen LogP contribution in [-0.2, 0) is 4.74 Å². The molecule has 0 bridgehead atoms. The van der Waals surface area contributed by atoms with Crippen LogP contribution in [0.1, 0.15) is 44.3 Å². The Balaban J connectivity index is 1.90. The molecule has 1 saturated heterocycles. The minimum Gasteiger partial charge on any atom is -0.385 e. The number of nitrogens with one attached hydrogen (secondary N) is 1. The van der Waals surface area contributed by atoms with Gasteiger partial charge in [-0.05, 0) is 39.2 Å². The van der Waals surface area contributed by atoms with Gasteiger partial charge in [-0.25, -0.2) is 4.98 Å². The van der Waals surface area contributed by atoms with Gasteiger partial charge >= 0.3 is 0 Å². The van der Waals surface area contributed by atoms with Crippen LogP contribution >= 0.6 is 0 Å². The highest BCUT2D eigenvalue weighted by Crippen LogP contribution is 2.26. The Labute approximate surface area is 128 Å². The molecule has 0 atom stereocenters. The number of ether oxygens (including phenoxy) is 1. The lowest BCUT2D eigenvalue weighted by Gasteiger charge is -2.33. The van der Waals surface area contributed by atoms with Gasteiger partial charge in [0.2, 0.25) is 5.95 Å². The van der Waals surface area contributed by atoms with Gasteiger partial charge in [0.15, 0.2) is 0 Å². The molecule has 5 nitrogen and oxygen atoms in total. The number of aromatic nitrogens is 2. The van der Waals surface area contributed by atoms with E-state index in [4.69, 9.17) is 4.74 Å².